The number of ketones is 1. The monoisotopic (exact) mass is 485 g/mol. The van der Waals surface area contributed by atoms with Gasteiger partial charge in [0.1, 0.15) is 5.75 Å². The van der Waals surface area contributed by atoms with Gasteiger partial charge in [-0.3, -0.25) is 4.79 Å². The van der Waals surface area contributed by atoms with Gasteiger partial charge in [-0.2, -0.15) is 13.2 Å². The molecule has 4 rings (SSSR count). The molecule has 2 aliphatic rings. The summed E-state index contributed by atoms with van der Waals surface area (Å²) in [6.45, 7) is 3.31. The maximum atomic E-state index is 14.0. The molecule has 0 saturated carbocycles. The second-order valence-electron chi connectivity index (χ2n) is 8.60. The van der Waals surface area contributed by atoms with E-state index in [4.69, 9.17) is 9.47 Å². The molecule has 0 amide bonds. The maximum Gasteiger partial charge on any atom is 0.416 e. The van der Waals surface area contributed by atoms with Crippen LogP contribution in [0.2, 0.25) is 0 Å². The Labute approximate surface area is 201 Å². The van der Waals surface area contributed by atoms with Crippen molar-refractivity contribution in [3.63, 3.8) is 0 Å². The summed E-state index contributed by atoms with van der Waals surface area (Å²) in [5.41, 5.74) is 1.06. The van der Waals surface area contributed by atoms with E-state index in [1.807, 2.05) is 24.3 Å². The molecule has 0 bridgehead atoms. The number of nitrogens with one attached hydrogen (secondary N) is 1. The third-order valence-electron chi connectivity index (χ3n) is 6.49. The largest absolute Gasteiger partial charge is 0.497 e. The van der Waals surface area contributed by atoms with Crippen LogP contribution in [0.25, 0.3) is 0 Å². The summed E-state index contributed by atoms with van der Waals surface area (Å²) in [4.78, 5) is 26.5. The van der Waals surface area contributed by atoms with E-state index in [1.54, 1.807) is 21.0 Å². The van der Waals surface area contributed by atoms with Crippen LogP contribution >= 0.6 is 0 Å². The Hall–Kier alpha value is -3.55. The van der Waals surface area contributed by atoms with Gasteiger partial charge in [-0.25, -0.2) is 4.79 Å². The summed E-state index contributed by atoms with van der Waals surface area (Å²) in [7, 11) is 1.57. The normalized spacial score (nSPS) is 20.3. The van der Waals surface area contributed by atoms with Crippen molar-refractivity contribution >= 4 is 11.8 Å². The van der Waals surface area contributed by atoms with Crippen molar-refractivity contribution in [3.05, 3.63) is 87.8 Å². The van der Waals surface area contributed by atoms with Crippen LogP contribution in [-0.4, -0.2) is 25.5 Å². The summed E-state index contributed by atoms with van der Waals surface area (Å²) >= 11 is 0. The highest BCUT2D eigenvalue weighted by molar-refractivity contribution is 6.04. The highest BCUT2D eigenvalue weighted by Crippen LogP contribution is 2.48. The third-order valence-corrected chi connectivity index (χ3v) is 6.49. The molecule has 1 aliphatic carbocycles. The number of alkyl halides is 3. The fraction of sp³-hybridized carbons (Fsp3) is 0.333. The molecule has 184 valence electrons. The SMILES string of the molecule is CCOC(=O)C1=C(C)NC2=C(C(=O)C[C@@H](c3ccc(OC)cc3)C2)[C@@H]1c1ccccc1C(F)(F)F. The smallest absolute Gasteiger partial charge is 0.416 e. The molecule has 0 saturated heterocycles. The minimum absolute atomic E-state index is 0.0264. The van der Waals surface area contributed by atoms with Gasteiger partial charge >= 0.3 is 12.1 Å². The Morgan fingerprint density at radius 2 is 1.77 bits per heavy atom. The first kappa shape index (κ1) is 24.6. The van der Waals surface area contributed by atoms with Crippen molar-refractivity contribution in [2.45, 2.75) is 44.7 Å². The summed E-state index contributed by atoms with van der Waals surface area (Å²) in [5, 5.41) is 3.15. The van der Waals surface area contributed by atoms with Crippen molar-refractivity contribution in [2.75, 3.05) is 13.7 Å². The second-order valence-corrected chi connectivity index (χ2v) is 8.60. The Kier molecular flexibility index (Phi) is 6.74. The number of Topliss-reactive ketones (excluding diaryl/α,β-unsaturated/α-hetero) is 1. The van der Waals surface area contributed by atoms with Crippen LogP contribution < -0.4 is 10.1 Å². The summed E-state index contributed by atoms with van der Waals surface area (Å²) in [5.74, 6) is -1.68. The predicted molar refractivity (Wildman–Crippen MR) is 124 cm³/mol. The van der Waals surface area contributed by atoms with Crippen LogP contribution in [0.1, 0.15) is 55.2 Å². The Bertz CT molecular complexity index is 1210. The Balaban J connectivity index is 1.84. The summed E-state index contributed by atoms with van der Waals surface area (Å²) in [6.07, 6.45) is -4.11. The number of benzene rings is 2. The lowest BCUT2D eigenvalue weighted by atomic mass is 9.71. The number of rotatable bonds is 5. The molecule has 5 nitrogen and oxygen atoms in total. The topological polar surface area (TPSA) is 64.6 Å². The van der Waals surface area contributed by atoms with Crippen LogP contribution in [0.4, 0.5) is 13.2 Å². The number of esters is 1. The van der Waals surface area contributed by atoms with Crippen LogP contribution in [0.15, 0.2) is 71.1 Å². The van der Waals surface area contributed by atoms with E-state index < -0.39 is 23.6 Å². The molecule has 0 unspecified atom stereocenters. The molecule has 0 radical (unpaired) electrons. The molecule has 8 heteroatoms. The van der Waals surface area contributed by atoms with Crippen LogP contribution in [0, 0.1) is 0 Å². The van der Waals surface area contributed by atoms with Gasteiger partial charge in [-0.15, -0.1) is 0 Å². The van der Waals surface area contributed by atoms with Crippen molar-refractivity contribution in [3.8, 4) is 5.75 Å². The van der Waals surface area contributed by atoms with Gasteiger partial charge in [0.2, 0.25) is 0 Å². The average molecular weight is 486 g/mol. The van der Waals surface area contributed by atoms with Gasteiger partial charge < -0.3 is 14.8 Å². The number of allylic oxidation sites excluding steroid dienone is 3. The molecule has 1 aliphatic heterocycles. The fourth-order valence-corrected chi connectivity index (χ4v) is 4.95. The third kappa shape index (κ3) is 4.70. The lowest BCUT2D eigenvalue weighted by Gasteiger charge is -2.37. The zero-order valence-electron chi connectivity index (χ0n) is 19.7. The van der Waals surface area contributed by atoms with Gasteiger partial charge in [0, 0.05) is 29.3 Å². The molecule has 1 N–H and O–H groups in total. The molecular formula is C27H26F3NO4. The van der Waals surface area contributed by atoms with E-state index in [9.17, 15) is 22.8 Å². The summed E-state index contributed by atoms with van der Waals surface area (Å²) < 4.78 is 52.3. The molecular weight excluding hydrogens is 459 g/mol. The molecule has 2 atom stereocenters. The van der Waals surface area contributed by atoms with E-state index >= 15 is 0 Å². The van der Waals surface area contributed by atoms with Gasteiger partial charge in [0.25, 0.3) is 0 Å². The lowest BCUT2D eigenvalue weighted by Crippen LogP contribution is -2.36. The van der Waals surface area contributed by atoms with Gasteiger partial charge in [-0.05, 0) is 55.5 Å². The first-order valence-corrected chi connectivity index (χ1v) is 11.4. The molecule has 1 heterocycles. The molecule has 2 aromatic carbocycles. The number of ether oxygens (including phenoxy) is 2. The quantitative estimate of drug-likeness (QED) is 0.556. The van der Waals surface area contributed by atoms with Gasteiger partial charge in [0.05, 0.1) is 24.9 Å². The van der Waals surface area contributed by atoms with Crippen LogP contribution in [0.3, 0.4) is 0 Å². The number of carbonyl (C=O) groups is 2. The van der Waals surface area contributed by atoms with Crippen LogP contribution in [0.5, 0.6) is 5.75 Å². The van der Waals surface area contributed by atoms with Crippen molar-refractivity contribution in [1.29, 1.82) is 0 Å². The number of dihydropyridines is 1. The average Bonchev–Trinajstić information content (AvgIpc) is 2.82. The van der Waals surface area contributed by atoms with Gasteiger partial charge in [0.15, 0.2) is 5.78 Å². The van der Waals surface area contributed by atoms with Crippen molar-refractivity contribution in [1.82, 2.24) is 5.32 Å². The van der Waals surface area contributed by atoms with E-state index in [0.717, 1.165) is 11.6 Å². The standard InChI is InChI=1S/C27H26F3NO4/c1-4-35-26(33)23-15(2)31-21-13-17(16-9-11-18(34-3)12-10-16)14-22(32)25(21)24(23)19-7-5-6-8-20(19)27(28,29)30/h5-12,17,24,31H,4,13-14H2,1-3H3/t17-,24+/m0/s1. The predicted octanol–water partition coefficient (Wildman–Crippen LogP) is 5.64. The molecule has 2 aromatic rings. The first-order valence-electron chi connectivity index (χ1n) is 11.4. The lowest BCUT2D eigenvalue weighted by molar-refractivity contribution is -0.140. The molecule has 35 heavy (non-hydrogen) atoms. The number of halogens is 3. The van der Waals surface area contributed by atoms with Crippen molar-refractivity contribution in [2.24, 2.45) is 0 Å². The van der Waals surface area contributed by atoms with E-state index in [0.29, 0.717) is 23.6 Å². The molecule has 0 aromatic heterocycles. The van der Waals surface area contributed by atoms with E-state index in [-0.39, 0.29) is 41.4 Å². The summed E-state index contributed by atoms with van der Waals surface area (Å²) in [6, 6.07) is 12.5. The zero-order chi connectivity index (χ0) is 25.3. The Morgan fingerprint density at radius 1 is 1.09 bits per heavy atom. The minimum atomic E-state index is -4.65. The van der Waals surface area contributed by atoms with Crippen LogP contribution in [-0.2, 0) is 20.5 Å². The van der Waals surface area contributed by atoms with E-state index in [1.165, 1.54) is 18.2 Å². The van der Waals surface area contributed by atoms with E-state index in [2.05, 4.69) is 5.32 Å². The second kappa shape index (κ2) is 9.60. The first-order chi connectivity index (χ1) is 16.7. The number of methoxy groups -OCH3 is 1. The fourth-order valence-electron chi connectivity index (χ4n) is 4.95. The van der Waals surface area contributed by atoms with Gasteiger partial charge in [-0.1, -0.05) is 30.3 Å². The molecule has 0 spiro atoms. The molecule has 0 fully saturated rings. The van der Waals surface area contributed by atoms with Crippen molar-refractivity contribution < 1.29 is 32.2 Å². The highest BCUT2D eigenvalue weighted by Gasteiger charge is 2.45. The number of carbonyl (C=O) groups excluding carboxylic acids is 2. The number of hydrogen-bond donors (Lipinski definition) is 1. The minimum Gasteiger partial charge on any atom is -0.497 e. The number of hydrogen-bond acceptors (Lipinski definition) is 5. The Morgan fingerprint density at radius 3 is 2.40 bits per heavy atom. The maximum absolute atomic E-state index is 14.0. The highest BCUT2D eigenvalue weighted by atomic mass is 19.4. The zero-order valence-corrected chi connectivity index (χ0v) is 19.7.